The molecule has 94 heavy (non-hydrogen) atoms. The molecular weight excluding hydrogens is 1210 g/mol. The maximum Gasteiger partial charge on any atom is 0.336 e. The number of nitrogens with one attached hydrogen (secondary N) is 9. The van der Waals surface area contributed by atoms with Crippen LogP contribution < -0.4 is 59.6 Å². The van der Waals surface area contributed by atoms with Crippen LogP contribution in [0.5, 0.6) is 5.75 Å². The summed E-state index contributed by atoms with van der Waals surface area (Å²) in [5.74, 6) is -8.91. The van der Waals surface area contributed by atoms with Crippen molar-refractivity contribution in [2.24, 2.45) is 34.2 Å². The summed E-state index contributed by atoms with van der Waals surface area (Å²) in [5.41, 5.74) is 13.2. The molecule has 3 heterocycles. The Balaban J connectivity index is 1.20. The Hall–Kier alpha value is -10.2. The van der Waals surface area contributed by atoms with E-state index in [0.717, 1.165) is 0 Å². The Labute approximate surface area is 544 Å². The van der Waals surface area contributed by atoms with Gasteiger partial charge in [0.05, 0.1) is 12.7 Å². The number of fused-ring (bicyclic) bond motifs is 1. The van der Waals surface area contributed by atoms with Crippen LogP contribution in [0.2, 0.25) is 0 Å². The maximum absolute atomic E-state index is 14.8. The van der Waals surface area contributed by atoms with E-state index in [1.165, 1.54) is 41.7 Å². The van der Waals surface area contributed by atoms with Gasteiger partial charge in [0, 0.05) is 73.9 Å². The van der Waals surface area contributed by atoms with Crippen molar-refractivity contribution in [2.45, 2.75) is 167 Å². The first-order valence-corrected chi connectivity index (χ1v) is 31.5. The number of imidazole rings is 1. The number of H-pyrrole nitrogens is 1. The molecule has 0 radical (unpaired) electrons. The van der Waals surface area contributed by atoms with Crippen LogP contribution in [0.3, 0.4) is 0 Å². The molecule has 0 aliphatic carbocycles. The summed E-state index contributed by atoms with van der Waals surface area (Å²) in [6.07, 6.45) is 2.61. The molecule has 1 aliphatic heterocycles. The second kappa shape index (κ2) is 35.0. The minimum Gasteiger partial charge on any atom is -0.508 e. The first-order chi connectivity index (χ1) is 44.6. The third-order valence-electron chi connectivity index (χ3n) is 15.7. The number of hydrogen-bond donors (Lipinski definition) is 13. The second-order valence-electron chi connectivity index (χ2n) is 24.7. The van der Waals surface area contributed by atoms with E-state index in [-0.39, 0.29) is 99.3 Å². The summed E-state index contributed by atoms with van der Waals surface area (Å²) in [6, 6.07) is 10.8. The molecule has 5 aromatic rings. The number of aromatic hydroxyl groups is 1. The van der Waals surface area contributed by atoms with Gasteiger partial charge < -0.3 is 78.5 Å². The van der Waals surface area contributed by atoms with E-state index in [0.29, 0.717) is 34.2 Å². The van der Waals surface area contributed by atoms with E-state index in [9.17, 15) is 63.0 Å². The monoisotopic (exact) mass is 1300 g/mol. The van der Waals surface area contributed by atoms with Gasteiger partial charge >= 0.3 is 11.6 Å². The normalized spacial score (nSPS) is 15.1. The van der Waals surface area contributed by atoms with Crippen molar-refractivity contribution >= 4 is 81.8 Å². The Morgan fingerprint density at radius 2 is 1.27 bits per heavy atom. The molecule has 0 saturated carbocycles. The molecular formula is C66H88N14O14. The molecule has 2 aromatic heterocycles. The molecule has 0 spiro atoms. The Kier molecular flexibility index (Phi) is 27.2. The van der Waals surface area contributed by atoms with Crippen molar-refractivity contribution in [3.05, 3.63) is 124 Å². The molecule has 28 heteroatoms. The maximum atomic E-state index is 14.8. The molecule has 1 saturated heterocycles. The number of nitrogens with two attached hydrogens (primary N) is 2. The highest BCUT2D eigenvalue weighted by atomic mass is 16.4. The number of phenolic OH excluding ortho intramolecular Hbond substituents is 1. The Morgan fingerprint density at radius 3 is 1.86 bits per heavy atom. The first kappa shape index (κ1) is 72.9. The molecule has 3 aromatic carbocycles. The lowest BCUT2D eigenvalue weighted by atomic mass is 9.97. The zero-order chi connectivity index (χ0) is 68.8. The summed E-state index contributed by atoms with van der Waals surface area (Å²) in [4.78, 5) is 165. The number of carbonyl (C=O) groups is 10. The van der Waals surface area contributed by atoms with Crippen molar-refractivity contribution in [1.82, 2.24) is 52.1 Å². The van der Waals surface area contributed by atoms with E-state index in [4.69, 9.17) is 15.9 Å². The highest BCUT2D eigenvalue weighted by molar-refractivity contribution is 6.01. The van der Waals surface area contributed by atoms with Gasteiger partial charge in [0.2, 0.25) is 53.2 Å². The number of anilines is 1. The van der Waals surface area contributed by atoms with Crippen LogP contribution in [0.4, 0.5) is 5.69 Å². The van der Waals surface area contributed by atoms with Crippen molar-refractivity contribution in [2.75, 3.05) is 18.4 Å². The number of hydrogen-bond acceptors (Lipinski definition) is 15. The number of benzene rings is 3. The van der Waals surface area contributed by atoms with Crippen LogP contribution in [-0.4, -0.2) is 152 Å². The van der Waals surface area contributed by atoms with Crippen LogP contribution in [0.25, 0.3) is 11.0 Å². The number of carboxylic acids is 1. The van der Waals surface area contributed by atoms with E-state index in [2.05, 4.69) is 57.5 Å². The van der Waals surface area contributed by atoms with Crippen molar-refractivity contribution in [3.63, 3.8) is 0 Å². The van der Waals surface area contributed by atoms with Crippen LogP contribution >= 0.6 is 0 Å². The van der Waals surface area contributed by atoms with Crippen LogP contribution in [0.1, 0.15) is 115 Å². The SMILES string of the molecule is Cc1cc(=O)oc2cc(NC(=O)C(Cc3ccc(O)cc3)NC(=O)C(NC(=O)C(CC(C)C)NC(=O)C(CC(C)C)NC(=O)C(Cc3cnc[nH]3)NC(=O)C(Cc3ccccc3)NC(=O)C3CCCN3C(=O)C(CCCN=C(N)N)NC(=O)CCC(=O)O)C(C)C)ccc12. The topological polar surface area (TPSA) is 434 Å². The largest absolute Gasteiger partial charge is 0.508 e. The zero-order valence-corrected chi connectivity index (χ0v) is 54.0. The number of amides is 9. The number of guanidine groups is 1. The van der Waals surface area contributed by atoms with Gasteiger partial charge in [0.25, 0.3) is 0 Å². The molecule has 6 rings (SSSR count). The predicted octanol–water partition coefficient (Wildman–Crippen LogP) is 2.25. The average Bonchev–Trinajstić information content (AvgIpc) is 1.24. The fourth-order valence-corrected chi connectivity index (χ4v) is 10.9. The number of aromatic amines is 1. The number of carbonyl (C=O) groups excluding carboxylic acids is 9. The van der Waals surface area contributed by atoms with E-state index in [1.54, 1.807) is 75.4 Å². The lowest BCUT2D eigenvalue weighted by Crippen LogP contribution is -2.61. The lowest BCUT2D eigenvalue weighted by Gasteiger charge is -2.30. The van der Waals surface area contributed by atoms with Crippen molar-refractivity contribution in [3.8, 4) is 5.75 Å². The molecule has 28 nitrogen and oxygen atoms in total. The molecule has 1 fully saturated rings. The molecule has 15 N–H and O–H groups in total. The number of aliphatic carboxylic acids is 1. The number of aromatic nitrogens is 2. The predicted molar refractivity (Wildman–Crippen MR) is 349 cm³/mol. The molecule has 0 bridgehead atoms. The zero-order valence-electron chi connectivity index (χ0n) is 54.0. The highest BCUT2D eigenvalue weighted by Gasteiger charge is 2.40. The number of phenols is 1. The number of aliphatic imine (C=N–C) groups is 1. The average molecular weight is 1300 g/mol. The molecule has 9 amide bonds. The Morgan fingerprint density at radius 1 is 0.681 bits per heavy atom. The van der Waals surface area contributed by atoms with Crippen LogP contribution in [0.15, 0.2) is 106 Å². The highest BCUT2D eigenvalue weighted by Crippen LogP contribution is 2.24. The van der Waals surface area contributed by atoms with Gasteiger partial charge in [-0.25, -0.2) is 9.78 Å². The molecule has 506 valence electrons. The summed E-state index contributed by atoms with van der Waals surface area (Å²) in [7, 11) is 0. The summed E-state index contributed by atoms with van der Waals surface area (Å²) < 4.78 is 5.38. The van der Waals surface area contributed by atoms with Gasteiger partial charge in [-0.3, -0.25) is 52.9 Å². The molecule has 8 unspecified atom stereocenters. The number of nitrogens with zero attached hydrogens (tertiary/aromatic N) is 3. The van der Waals surface area contributed by atoms with Crippen LogP contribution in [0, 0.1) is 24.7 Å². The minimum atomic E-state index is -1.42. The number of carboxylic acid groups (broad SMARTS) is 1. The van der Waals surface area contributed by atoms with Crippen LogP contribution in [-0.2, 0) is 67.2 Å². The summed E-state index contributed by atoms with van der Waals surface area (Å²) >= 11 is 0. The third-order valence-corrected chi connectivity index (χ3v) is 15.7. The summed E-state index contributed by atoms with van der Waals surface area (Å²) in [5, 5.41) is 42.1. The minimum absolute atomic E-state index is 0.0202. The van der Waals surface area contributed by atoms with Crippen molar-refractivity contribution < 1.29 is 62.6 Å². The number of rotatable bonds is 34. The standard InChI is InChI=1S/C66H88N14O14/c1-36(2)27-47(59(87)75-48(28-37(3)4)62(90)79-57(38(5)6)64(92)78-49(31-41-17-20-44(81)21-18-41)58(86)72-42-19-22-45-39(7)29-56(85)94-53(45)33-42)74-61(89)51(32-43-34-69-35-71-43)76-60(88)50(30-40-13-9-8-10-14-40)77-63(91)52-16-12-26-80(52)65(93)46(15-11-25-70-66(67)68)73-54(82)23-24-55(83)84/h8-10,13-14,17-22,29,33-38,46-52,57,81H,11-12,15-16,23-28,30-32H2,1-7H3,(H,69,71)(H,72,86)(H,73,82)(H,74,89)(H,75,87)(H,76,88)(H,77,91)(H,78,92)(H,79,90)(H,83,84)(H4,67,68,70). The molecule has 8 atom stereocenters. The van der Waals surface area contributed by atoms with E-state index in [1.807, 2.05) is 27.7 Å². The Bertz CT molecular complexity index is 3540. The number of likely N-dealkylation sites (tertiary alicyclic amines) is 1. The first-order valence-electron chi connectivity index (χ1n) is 31.5. The van der Waals surface area contributed by atoms with E-state index >= 15 is 0 Å². The smallest absolute Gasteiger partial charge is 0.336 e. The lowest BCUT2D eigenvalue weighted by molar-refractivity contribution is -0.142. The quantitative estimate of drug-likeness (QED) is 0.0122. The molecule has 1 aliphatic rings. The third kappa shape index (κ3) is 22.6. The van der Waals surface area contributed by atoms with Gasteiger partial charge in [0.1, 0.15) is 59.7 Å². The van der Waals surface area contributed by atoms with Gasteiger partial charge in [-0.1, -0.05) is 84.0 Å². The van der Waals surface area contributed by atoms with E-state index < -0.39 is 132 Å². The fraction of sp³-hybridized carbons (Fsp3) is 0.470. The second-order valence-corrected chi connectivity index (χ2v) is 24.7. The van der Waals surface area contributed by atoms with Gasteiger partial charge in [-0.05, 0) is 104 Å². The van der Waals surface area contributed by atoms with Gasteiger partial charge in [0.15, 0.2) is 5.96 Å². The van der Waals surface area contributed by atoms with Crippen molar-refractivity contribution in [1.29, 1.82) is 0 Å². The number of aryl methyl sites for hydroxylation is 1. The summed E-state index contributed by atoms with van der Waals surface area (Å²) in [6.45, 7) is 12.7. The van der Waals surface area contributed by atoms with Gasteiger partial charge in [-0.2, -0.15) is 0 Å². The fourth-order valence-electron chi connectivity index (χ4n) is 10.9. The van der Waals surface area contributed by atoms with Gasteiger partial charge in [-0.15, -0.1) is 0 Å².